The molecule has 0 saturated carbocycles. The number of carbonyl (C=O) groups is 1. The molecule has 0 saturated heterocycles. The lowest BCUT2D eigenvalue weighted by atomic mass is 10.00. The third-order valence-corrected chi connectivity index (χ3v) is 4.83. The van der Waals surface area contributed by atoms with Crippen molar-refractivity contribution in [3.05, 3.63) is 106 Å². The molecular formula is C25H16ClN3O2. The number of hydrazone groups is 1. The van der Waals surface area contributed by atoms with Gasteiger partial charge in [0.05, 0.1) is 11.2 Å². The zero-order valence-corrected chi connectivity index (χ0v) is 17.0. The molecule has 0 aliphatic heterocycles. The van der Waals surface area contributed by atoms with Crippen molar-refractivity contribution in [2.75, 3.05) is 0 Å². The zero-order valence-electron chi connectivity index (χ0n) is 16.2. The second-order valence-corrected chi connectivity index (χ2v) is 6.99. The molecule has 0 spiro atoms. The number of nitrogens with zero attached hydrogens (tertiary/aromatic N) is 2. The summed E-state index contributed by atoms with van der Waals surface area (Å²) < 4.78 is 0. The zero-order chi connectivity index (χ0) is 21.6. The first kappa shape index (κ1) is 20.1. The lowest BCUT2D eigenvalue weighted by Crippen LogP contribution is -2.17. The van der Waals surface area contributed by atoms with Crippen LogP contribution >= 0.6 is 11.6 Å². The van der Waals surface area contributed by atoms with E-state index in [0.29, 0.717) is 11.3 Å². The van der Waals surface area contributed by atoms with Gasteiger partial charge in [-0.1, -0.05) is 53.9 Å². The lowest BCUT2D eigenvalue weighted by Gasteiger charge is -2.05. The van der Waals surface area contributed by atoms with Crippen molar-refractivity contribution in [1.29, 1.82) is 0 Å². The average Bonchev–Trinajstić information content (AvgIpc) is 2.80. The number of pyridine rings is 1. The van der Waals surface area contributed by atoms with Gasteiger partial charge in [0.1, 0.15) is 11.4 Å². The van der Waals surface area contributed by atoms with Crippen LogP contribution < -0.4 is 5.43 Å². The highest BCUT2D eigenvalue weighted by atomic mass is 35.5. The molecule has 3 aromatic carbocycles. The van der Waals surface area contributed by atoms with Crippen molar-refractivity contribution in [2.24, 2.45) is 5.10 Å². The van der Waals surface area contributed by atoms with E-state index in [1.807, 2.05) is 54.6 Å². The summed E-state index contributed by atoms with van der Waals surface area (Å²) in [5.74, 6) is 5.74. The van der Waals surface area contributed by atoms with Gasteiger partial charge in [-0.05, 0) is 53.1 Å². The summed E-state index contributed by atoms with van der Waals surface area (Å²) in [5.41, 5.74) is 5.19. The van der Waals surface area contributed by atoms with E-state index in [-0.39, 0.29) is 10.8 Å². The molecule has 4 aromatic rings. The van der Waals surface area contributed by atoms with Gasteiger partial charge in [0.2, 0.25) is 0 Å². The number of halogens is 1. The van der Waals surface area contributed by atoms with Gasteiger partial charge in [-0.25, -0.2) is 10.4 Å². The van der Waals surface area contributed by atoms with Gasteiger partial charge in [0.25, 0.3) is 5.91 Å². The second kappa shape index (κ2) is 9.12. The Morgan fingerprint density at radius 3 is 2.58 bits per heavy atom. The lowest BCUT2D eigenvalue weighted by molar-refractivity contribution is 0.0955. The van der Waals surface area contributed by atoms with E-state index < -0.39 is 5.91 Å². The predicted octanol–water partition coefficient (Wildman–Crippen LogP) is 4.76. The molecule has 0 aliphatic rings. The third-order valence-electron chi connectivity index (χ3n) is 4.53. The highest BCUT2D eigenvalue weighted by Crippen LogP contribution is 2.24. The van der Waals surface area contributed by atoms with E-state index in [0.717, 1.165) is 21.9 Å². The van der Waals surface area contributed by atoms with E-state index in [1.165, 1.54) is 18.2 Å². The SMILES string of the molecule is O=C(N/N=C/c1ccc(C#Cc2ccccn2)c2ccccc12)c1ccc(O)c(Cl)c1. The molecule has 1 amide bonds. The Bertz CT molecular complexity index is 1360. The Morgan fingerprint density at radius 1 is 1.00 bits per heavy atom. The van der Waals surface area contributed by atoms with Crippen LogP contribution in [0.2, 0.25) is 5.02 Å². The van der Waals surface area contributed by atoms with Crippen LogP contribution in [0.1, 0.15) is 27.2 Å². The van der Waals surface area contributed by atoms with Crippen molar-refractivity contribution in [3.8, 4) is 17.6 Å². The highest BCUT2D eigenvalue weighted by molar-refractivity contribution is 6.32. The van der Waals surface area contributed by atoms with E-state index in [2.05, 4.69) is 27.4 Å². The largest absolute Gasteiger partial charge is 0.506 e. The number of carbonyl (C=O) groups excluding carboxylic acids is 1. The minimum Gasteiger partial charge on any atom is -0.506 e. The van der Waals surface area contributed by atoms with Gasteiger partial charge < -0.3 is 5.11 Å². The van der Waals surface area contributed by atoms with Crippen LogP contribution in [0.5, 0.6) is 5.75 Å². The van der Waals surface area contributed by atoms with Gasteiger partial charge in [-0.15, -0.1) is 0 Å². The smallest absolute Gasteiger partial charge is 0.271 e. The van der Waals surface area contributed by atoms with Crippen LogP contribution in [0.4, 0.5) is 0 Å². The fourth-order valence-corrected chi connectivity index (χ4v) is 3.17. The molecular weight excluding hydrogens is 410 g/mol. The monoisotopic (exact) mass is 425 g/mol. The molecule has 2 N–H and O–H groups in total. The molecule has 0 radical (unpaired) electrons. The molecule has 150 valence electrons. The van der Waals surface area contributed by atoms with Crippen molar-refractivity contribution < 1.29 is 9.90 Å². The Labute approximate surface area is 184 Å². The van der Waals surface area contributed by atoms with E-state index in [9.17, 15) is 9.90 Å². The minimum atomic E-state index is -0.430. The third kappa shape index (κ3) is 4.72. The summed E-state index contributed by atoms with van der Waals surface area (Å²) in [6, 6.07) is 21.5. The van der Waals surface area contributed by atoms with Crippen LogP contribution in [0.25, 0.3) is 10.8 Å². The minimum absolute atomic E-state index is 0.0839. The fraction of sp³-hybridized carbons (Fsp3) is 0. The molecule has 31 heavy (non-hydrogen) atoms. The quantitative estimate of drug-likeness (QED) is 0.282. The van der Waals surface area contributed by atoms with Crippen molar-refractivity contribution in [1.82, 2.24) is 10.4 Å². The summed E-state index contributed by atoms with van der Waals surface area (Å²) in [7, 11) is 0. The summed E-state index contributed by atoms with van der Waals surface area (Å²) in [4.78, 5) is 16.5. The molecule has 1 heterocycles. The molecule has 4 rings (SSSR count). The van der Waals surface area contributed by atoms with Crippen LogP contribution in [0.3, 0.4) is 0 Å². The number of fused-ring (bicyclic) bond motifs is 1. The molecule has 0 unspecified atom stereocenters. The summed E-state index contributed by atoms with van der Waals surface area (Å²) in [6.07, 6.45) is 3.29. The topological polar surface area (TPSA) is 74.6 Å². The fourth-order valence-electron chi connectivity index (χ4n) is 2.99. The maximum atomic E-state index is 12.2. The molecule has 0 fully saturated rings. The average molecular weight is 426 g/mol. The normalized spacial score (nSPS) is 10.6. The maximum Gasteiger partial charge on any atom is 0.271 e. The molecule has 0 bridgehead atoms. The predicted molar refractivity (Wildman–Crippen MR) is 122 cm³/mol. The van der Waals surface area contributed by atoms with Gasteiger partial charge in [0, 0.05) is 22.9 Å². The molecule has 5 nitrogen and oxygen atoms in total. The summed E-state index contributed by atoms with van der Waals surface area (Å²) in [6.45, 7) is 0. The molecule has 0 aliphatic carbocycles. The summed E-state index contributed by atoms with van der Waals surface area (Å²) in [5, 5.41) is 15.6. The number of benzene rings is 3. The molecule has 6 heteroatoms. The standard InChI is InChI=1S/C25H16ClN3O2/c26-23-15-18(11-13-24(23)30)25(31)29-28-16-19-9-8-17(21-6-1-2-7-22(19)21)10-12-20-5-3-4-14-27-20/h1-9,11,13-16,30H,(H,29,31)/b28-16+. The maximum absolute atomic E-state index is 12.2. The summed E-state index contributed by atoms with van der Waals surface area (Å²) >= 11 is 5.85. The van der Waals surface area contributed by atoms with Gasteiger partial charge in [0.15, 0.2) is 0 Å². The molecule has 0 atom stereocenters. The van der Waals surface area contributed by atoms with E-state index >= 15 is 0 Å². The molecule has 1 aromatic heterocycles. The first-order valence-corrected chi connectivity index (χ1v) is 9.76. The number of phenols is 1. The number of aromatic hydroxyl groups is 1. The number of amides is 1. The number of hydrogen-bond donors (Lipinski definition) is 2. The van der Waals surface area contributed by atoms with Crippen LogP contribution in [0.15, 0.2) is 84.1 Å². The van der Waals surface area contributed by atoms with Crippen LogP contribution in [-0.4, -0.2) is 22.2 Å². The Kier molecular flexibility index (Phi) is 5.93. The first-order valence-electron chi connectivity index (χ1n) is 9.38. The first-order chi connectivity index (χ1) is 15.1. The highest BCUT2D eigenvalue weighted by Gasteiger charge is 2.08. The van der Waals surface area contributed by atoms with Crippen LogP contribution in [-0.2, 0) is 0 Å². The Hall–Kier alpha value is -4.14. The van der Waals surface area contributed by atoms with Crippen molar-refractivity contribution in [2.45, 2.75) is 0 Å². The van der Waals surface area contributed by atoms with Gasteiger partial charge in [-0.2, -0.15) is 5.10 Å². The number of hydrogen-bond acceptors (Lipinski definition) is 4. The van der Waals surface area contributed by atoms with Crippen molar-refractivity contribution in [3.63, 3.8) is 0 Å². The van der Waals surface area contributed by atoms with Crippen LogP contribution in [0, 0.1) is 11.8 Å². The van der Waals surface area contributed by atoms with Gasteiger partial charge in [-0.3, -0.25) is 4.79 Å². The van der Waals surface area contributed by atoms with Crippen molar-refractivity contribution >= 4 is 34.5 Å². The van der Waals surface area contributed by atoms with E-state index in [4.69, 9.17) is 11.6 Å². The number of nitrogens with one attached hydrogen (secondary N) is 1. The van der Waals surface area contributed by atoms with Gasteiger partial charge >= 0.3 is 0 Å². The Morgan fingerprint density at radius 2 is 1.81 bits per heavy atom. The number of aromatic nitrogens is 1. The number of rotatable bonds is 3. The Balaban J connectivity index is 1.58. The second-order valence-electron chi connectivity index (χ2n) is 6.58. The number of phenolic OH excluding ortho intramolecular Hbond substituents is 1. The van der Waals surface area contributed by atoms with E-state index in [1.54, 1.807) is 12.4 Å².